The number of hydrazine groups is 1. The number of carbonyl (C=O) groups is 1. The van der Waals surface area contributed by atoms with Gasteiger partial charge in [-0.2, -0.15) is 0 Å². The van der Waals surface area contributed by atoms with E-state index in [0.717, 1.165) is 0 Å². The minimum Gasteiger partial charge on any atom is -0.495 e. The topological polar surface area (TPSA) is 102 Å². The Hall–Kier alpha value is -2.67. The number of para-hydroxylation sites is 2. The van der Waals surface area contributed by atoms with Crippen molar-refractivity contribution in [2.45, 2.75) is 0 Å². The molecule has 7 nitrogen and oxygen atoms in total. The quantitative estimate of drug-likeness (QED) is 0.559. The first-order chi connectivity index (χ1) is 9.24. The van der Waals surface area contributed by atoms with Gasteiger partial charge in [-0.05, 0) is 24.3 Å². The molecule has 98 valence electrons. The Labute approximate surface area is 109 Å². The molecule has 0 saturated heterocycles. The predicted octanol–water partition coefficient (Wildman–Crippen LogP) is 1.02. The lowest BCUT2D eigenvalue weighted by atomic mass is 10.2. The number of hydrogen-bond donors (Lipinski definition) is 3. The van der Waals surface area contributed by atoms with E-state index >= 15 is 0 Å². The lowest BCUT2D eigenvalue weighted by molar-refractivity contribution is 0.102. The number of ether oxygens (including phenoxy) is 1. The molecule has 2 rings (SSSR count). The van der Waals surface area contributed by atoms with Crippen LogP contribution in [-0.2, 0) is 0 Å². The zero-order valence-corrected chi connectivity index (χ0v) is 10.3. The average Bonchev–Trinajstić information content (AvgIpc) is 2.48. The highest BCUT2D eigenvalue weighted by Gasteiger charge is 2.11. The normalized spacial score (nSPS) is 9.79. The summed E-state index contributed by atoms with van der Waals surface area (Å²) < 4.78 is 5.14. The zero-order chi connectivity index (χ0) is 13.7. The van der Waals surface area contributed by atoms with Crippen molar-refractivity contribution in [3.8, 4) is 5.75 Å². The number of nitrogens with one attached hydrogen (secondary N) is 2. The second-order valence-corrected chi connectivity index (χ2v) is 3.60. The van der Waals surface area contributed by atoms with Crippen molar-refractivity contribution in [3.05, 3.63) is 42.1 Å². The van der Waals surface area contributed by atoms with Crippen molar-refractivity contribution < 1.29 is 9.53 Å². The second-order valence-electron chi connectivity index (χ2n) is 3.60. The molecule has 0 fully saturated rings. The second kappa shape index (κ2) is 5.78. The van der Waals surface area contributed by atoms with Crippen LogP contribution in [-0.4, -0.2) is 23.2 Å². The fourth-order valence-electron chi connectivity index (χ4n) is 1.46. The number of amides is 1. The van der Waals surface area contributed by atoms with Gasteiger partial charge in [-0.25, -0.2) is 5.84 Å². The van der Waals surface area contributed by atoms with E-state index in [4.69, 9.17) is 10.6 Å². The minimum atomic E-state index is -0.374. The van der Waals surface area contributed by atoms with Crippen LogP contribution in [0.2, 0.25) is 0 Å². The molecule has 0 unspecified atom stereocenters. The maximum absolute atomic E-state index is 12.0. The molecular weight excluding hydrogens is 246 g/mol. The van der Waals surface area contributed by atoms with Crippen molar-refractivity contribution >= 4 is 17.4 Å². The van der Waals surface area contributed by atoms with Gasteiger partial charge >= 0.3 is 0 Å². The molecule has 0 spiro atoms. The first-order valence-electron chi connectivity index (χ1n) is 5.49. The minimum absolute atomic E-state index is 0.185. The standard InChI is InChI=1S/C12H13N5O2/c1-19-10-5-3-2-4-8(10)14-12(18)9-6-7-11(15-13)17-16-9/h2-7H,13H2,1H3,(H,14,18)(H,15,17). The van der Waals surface area contributed by atoms with Crippen LogP contribution in [0.1, 0.15) is 10.5 Å². The molecule has 1 aromatic heterocycles. The largest absolute Gasteiger partial charge is 0.495 e. The molecule has 0 aliphatic carbocycles. The zero-order valence-electron chi connectivity index (χ0n) is 10.3. The van der Waals surface area contributed by atoms with Crippen LogP contribution in [0.25, 0.3) is 0 Å². The molecule has 4 N–H and O–H groups in total. The molecule has 2 aromatic rings. The van der Waals surface area contributed by atoms with E-state index in [1.807, 2.05) is 6.07 Å². The van der Waals surface area contributed by atoms with Crippen molar-refractivity contribution in [3.63, 3.8) is 0 Å². The SMILES string of the molecule is COc1ccccc1NC(=O)c1ccc(NN)nn1. The summed E-state index contributed by atoms with van der Waals surface area (Å²) in [7, 11) is 1.53. The Bertz CT molecular complexity index is 571. The van der Waals surface area contributed by atoms with Crippen LogP contribution in [0.3, 0.4) is 0 Å². The maximum Gasteiger partial charge on any atom is 0.276 e. The third kappa shape index (κ3) is 2.96. The molecule has 7 heteroatoms. The molecule has 0 radical (unpaired) electrons. The summed E-state index contributed by atoms with van der Waals surface area (Å²) in [6.45, 7) is 0. The van der Waals surface area contributed by atoms with Gasteiger partial charge in [0.25, 0.3) is 5.91 Å². The molecule has 19 heavy (non-hydrogen) atoms. The summed E-state index contributed by atoms with van der Waals surface area (Å²) in [6.07, 6.45) is 0. The van der Waals surface area contributed by atoms with Crippen molar-refractivity contribution in [1.82, 2.24) is 10.2 Å². The van der Waals surface area contributed by atoms with Crippen LogP contribution in [0.4, 0.5) is 11.5 Å². The predicted molar refractivity (Wildman–Crippen MR) is 70.8 cm³/mol. The van der Waals surface area contributed by atoms with Crippen molar-refractivity contribution in [2.75, 3.05) is 17.9 Å². The van der Waals surface area contributed by atoms with E-state index in [2.05, 4.69) is 20.9 Å². The van der Waals surface area contributed by atoms with Gasteiger partial charge in [0.1, 0.15) is 5.75 Å². The van der Waals surface area contributed by atoms with Crippen molar-refractivity contribution in [1.29, 1.82) is 0 Å². The average molecular weight is 259 g/mol. The summed E-state index contributed by atoms with van der Waals surface area (Å²) >= 11 is 0. The number of benzene rings is 1. The number of rotatable bonds is 4. The van der Waals surface area contributed by atoms with Crippen LogP contribution < -0.4 is 21.3 Å². The van der Waals surface area contributed by atoms with Crippen LogP contribution in [0, 0.1) is 0 Å². The molecule has 1 aromatic carbocycles. The number of anilines is 2. The molecular formula is C12H13N5O2. The summed E-state index contributed by atoms with van der Waals surface area (Å²) in [5, 5.41) is 10.2. The highest BCUT2D eigenvalue weighted by Crippen LogP contribution is 2.23. The number of nitrogens with two attached hydrogens (primary N) is 1. The fraction of sp³-hybridized carbons (Fsp3) is 0.0833. The van der Waals surface area contributed by atoms with E-state index < -0.39 is 0 Å². The highest BCUT2D eigenvalue weighted by atomic mass is 16.5. The molecule has 1 amide bonds. The van der Waals surface area contributed by atoms with Gasteiger partial charge < -0.3 is 15.5 Å². The number of aromatic nitrogens is 2. The molecule has 0 bridgehead atoms. The summed E-state index contributed by atoms with van der Waals surface area (Å²) in [5.74, 6) is 5.75. The number of nitrogen functional groups attached to an aromatic ring is 1. The van der Waals surface area contributed by atoms with Gasteiger partial charge in [-0.3, -0.25) is 4.79 Å². The smallest absolute Gasteiger partial charge is 0.276 e. The lowest BCUT2D eigenvalue weighted by Gasteiger charge is -2.09. The molecule has 0 saturated carbocycles. The van der Waals surface area contributed by atoms with E-state index in [0.29, 0.717) is 17.3 Å². The Morgan fingerprint density at radius 2 is 2.00 bits per heavy atom. The molecule has 0 atom stereocenters. The third-order valence-electron chi connectivity index (χ3n) is 2.40. The summed E-state index contributed by atoms with van der Waals surface area (Å²) in [4.78, 5) is 12.0. The van der Waals surface area contributed by atoms with E-state index in [1.54, 1.807) is 24.3 Å². The number of hydrogen-bond acceptors (Lipinski definition) is 6. The Morgan fingerprint density at radius 1 is 1.21 bits per heavy atom. The summed E-state index contributed by atoms with van der Waals surface area (Å²) in [6, 6.07) is 10.2. The van der Waals surface area contributed by atoms with Gasteiger partial charge in [0.15, 0.2) is 11.5 Å². The van der Waals surface area contributed by atoms with Gasteiger partial charge in [-0.1, -0.05) is 12.1 Å². The lowest BCUT2D eigenvalue weighted by Crippen LogP contribution is -2.16. The summed E-state index contributed by atoms with van der Waals surface area (Å²) in [5.41, 5.74) is 3.09. The number of nitrogens with zero attached hydrogens (tertiary/aromatic N) is 2. The Kier molecular flexibility index (Phi) is 3.89. The van der Waals surface area contributed by atoms with E-state index in [9.17, 15) is 4.79 Å². The molecule has 1 heterocycles. The Morgan fingerprint density at radius 3 is 2.63 bits per heavy atom. The van der Waals surface area contributed by atoms with E-state index in [1.165, 1.54) is 13.2 Å². The highest BCUT2D eigenvalue weighted by molar-refractivity contribution is 6.03. The molecule has 0 aliphatic heterocycles. The van der Waals surface area contributed by atoms with Crippen LogP contribution in [0.15, 0.2) is 36.4 Å². The van der Waals surface area contributed by atoms with Crippen molar-refractivity contribution in [2.24, 2.45) is 5.84 Å². The van der Waals surface area contributed by atoms with Gasteiger partial charge in [0, 0.05) is 0 Å². The van der Waals surface area contributed by atoms with E-state index in [-0.39, 0.29) is 11.6 Å². The third-order valence-corrected chi connectivity index (χ3v) is 2.40. The van der Waals surface area contributed by atoms with Gasteiger partial charge in [0.2, 0.25) is 0 Å². The van der Waals surface area contributed by atoms with Gasteiger partial charge in [-0.15, -0.1) is 10.2 Å². The number of carbonyl (C=O) groups excluding carboxylic acids is 1. The first kappa shape index (κ1) is 12.8. The monoisotopic (exact) mass is 259 g/mol. The first-order valence-corrected chi connectivity index (χ1v) is 5.49. The number of methoxy groups -OCH3 is 1. The molecule has 0 aliphatic rings. The van der Waals surface area contributed by atoms with Gasteiger partial charge in [0.05, 0.1) is 12.8 Å². The van der Waals surface area contributed by atoms with Crippen LogP contribution in [0.5, 0.6) is 5.75 Å². The van der Waals surface area contributed by atoms with Crippen LogP contribution >= 0.6 is 0 Å². The maximum atomic E-state index is 12.0. The Balaban J connectivity index is 2.16. The fourth-order valence-corrected chi connectivity index (χ4v) is 1.46.